The maximum absolute atomic E-state index is 13.3. The summed E-state index contributed by atoms with van der Waals surface area (Å²) in [6.45, 7) is 16.4. The number of amides is 1. The molecule has 1 aliphatic rings. The maximum atomic E-state index is 13.3. The van der Waals surface area contributed by atoms with Gasteiger partial charge in [0.05, 0.1) is 27.2 Å². The standard InChI is InChI=1S/C45H59N5O9Si/c1-27(2)41(52)48-44-47-40-37(42(53)49-44)46-25-50(40)43-39(56-26-58-60(28(3)4,29(5)6)30(7)8)38(51)36(59-43)24-57-45(31-14-12-11-13-15-31,32-16-20-34(54-9)21-17-32)33-18-22-35(55-10)23-19-33/h11-23,25,27-30,36,38-39,43,51H,24,26H2,1-10H3,(H2,47,48,49,52,53)/t36-,38-,39-,43-/m1/s1. The van der Waals surface area contributed by atoms with Crippen molar-refractivity contribution in [1.29, 1.82) is 0 Å². The molecule has 2 aromatic heterocycles. The zero-order chi connectivity index (χ0) is 43.4. The van der Waals surface area contributed by atoms with E-state index in [9.17, 15) is 14.7 Å². The third kappa shape index (κ3) is 8.65. The molecule has 0 spiro atoms. The summed E-state index contributed by atoms with van der Waals surface area (Å²) >= 11 is 0. The summed E-state index contributed by atoms with van der Waals surface area (Å²) in [5.74, 6) is 0.637. The number of aromatic nitrogens is 4. The molecule has 0 bridgehead atoms. The highest BCUT2D eigenvalue weighted by atomic mass is 28.4. The third-order valence-corrected chi connectivity index (χ3v) is 17.7. The molecule has 4 atom stereocenters. The zero-order valence-corrected chi connectivity index (χ0v) is 37.2. The van der Waals surface area contributed by atoms with Crippen LogP contribution in [0, 0.1) is 5.92 Å². The van der Waals surface area contributed by atoms with Crippen molar-refractivity contribution >= 4 is 31.3 Å². The Hall–Kier alpha value is -4.90. The number of fused-ring (bicyclic) bond motifs is 1. The van der Waals surface area contributed by atoms with Crippen molar-refractivity contribution in [2.75, 3.05) is 32.9 Å². The first-order valence-electron chi connectivity index (χ1n) is 20.5. The second-order valence-electron chi connectivity index (χ2n) is 16.5. The quantitative estimate of drug-likeness (QED) is 0.0453. The fourth-order valence-electron chi connectivity index (χ4n) is 8.69. The highest BCUT2D eigenvalue weighted by Gasteiger charge is 2.50. The molecule has 1 aliphatic heterocycles. The minimum atomic E-state index is -2.38. The number of aromatic amines is 1. The van der Waals surface area contributed by atoms with E-state index in [2.05, 4.69) is 61.8 Å². The first-order valence-corrected chi connectivity index (χ1v) is 22.7. The van der Waals surface area contributed by atoms with Crippen molar-refractivity contribution in [1.82, 2.24) is 19.5 Å². The molecule has 0 aliphatic carbocycles. The van der Waals surface area contributed by atoms with Crippen LogP contribution in [0.1, 0.15) is 78.3 Å². The fourth-order valence-corrected chi connectivity index (χ4v) is 14.0. The molecule has 5 aromatic rings. The van der Waals surface area contributed by atoms with Crippen LogP contribution in [0.15, 0.2) is 90.0 Å². The Bertz CT molecular complexity index is 2170. The first kappa shape index (κ1) is 44.6. The molecule has 3 N–H and O–H groups in total. The molecule has 14 nitrogen and oxygen atoms in total. The lowest BCUT2D eigenvalue weighted by Gasteiger charge is -2.42. The molecular formula is C45H59N5O9Si. The minimum absolute atomic E-state index is 0.0262. The van der Waals surface area contributed by atoms with Crippen LogP contribution < -0.4 is 20.3 Å². The van der Waals surface area contributed by atoms with E-state index in [1.807, 2.05) is 78.9 Å². The van der Waals surface area contributed by atoms with E-state index >= 15 is 0 Å². The summed E-state index contributed by atoms with van der Waals surface area (Å²) in [4.78, 5) is 37.5. The van der Waals surface area contributed by atoms with Gasteiger partial charge in [-0.2, -0.15) is 4.98 Å². The molecule has 15 heteroatoms. The average molecular weight is 842 g/mol. The van der Waals surface area contributed by atoms with E-state index in [0.717, 1.165) is 16.7 Å². The predicted octanol–water partition coefficient (Wildman–Crippen LogP) is 7.53. The number of H-pyrrole nitrogens is 1. The number of nitrogens with one attached hydrogen (secondary N) is 2. The largest absolute Gasteiger partial charge is 0.497 e. The SMILES string of the molecule is COc1ccc(C(OC[C@H]2O[C@@H](n3cnc4c(=O)[nH]c(NC(=O)C(C)C)nc43)[C@H](OCO[Si](C(C)C)(C(C)C)C(C)C)[C@@H]2O)(c2ccccc2)c2ccc(OC)cc2)cc1. The molecule has 3 heterocycles. The van der Waals surface area contributed by atoms with Gasteiger partial charge >= 0.3 is 0 Å². The third-order valence-electron chi connectivity index (χ3n) is 11.7. The fraction of sp³-hybridized carbons (Fsp3) is 0.467. The van der Waals surface area contributed by atoms with Crippen molar-refractivity contribution in [2.45, 2.75) is 102 Å². The lowest BCUT2D eigenvalue weighted by Crippen LogP contribution is -2.49. The van der Waals surface area contributed by atoms with Gasteiger partial charge in [0.25, 0.3) is 5.56 Å². The molecule has 0 radical (unpaired) electrons. The second-order valence-corrected chi connectivity index (χ2v) is 21.9. The van der Waals surface area contributed by atoms with Crippen molar-refractivity contribution < 1.29 is 38.0 Å². The number of benzene rings is 3. The number of aliphatic hydroxyl groups is 1. The van der Waals surface area contributed by atoms with Gasteiger partial charge in [0.15, 0.2) is 17.4 Å². The summed E-state index contributed by atoms with van der Waals surface area (Å²) in [6, 6.07) is 25.2. The Labute approximate surface area is 352 Å². The van der Waals surface area contributed by atoms with Crippen LogP contribution in [-0.2, 0) is 29.0 Å². The molecule has 0 unspecified atom stereocenters. The average Bonchev–Trinajstić information content (AvgIpc) is 3.80. The van der Waals surface area contributed by atoms with Crippen molar-refractivity contribution in [3.8, 4) is 11.5 Å². The van der Waals surface area contributed by atoms with Crippen LogP contribution in [-0.4, -0.2) is 84.8 Å². The topological polar surface area (TPSA) is 168 Å². The maximum Gasteiger partial charge on any atom is 0.280 e. The normalized spacial score (nSPS) is 18.6. The Balaban J connectivity index is 1.42. The lowest BCUT2D eigenvalue weighted by atomic mass is 9.80. The number of methoxy groups -OCH3 is 2. The minimum Gasteiger partial charge on any atom is -0.497 e. The van der Waals surface area contributed by atoms with Gasteiger partial charge in [-0.15, -0.1) is 0 Å². The number of hydrogen-bond donors (Lipinski definition) is 3. The van der Waals surface area contributed by atoms with Gasteiger partial charge in [-0.25, -0.2) is 4.98 Å². The van der Waals surface area contributed by atoms with Gasteiger partial charge < -0.3 is 33.2 Å². The molecule has 3 aromatic carbocycles. The lowest BCUT2D eigenvalue weighted by molar-refractivity contribution is -0.118. The van der Waals surface area contributed by atoms with Crippen LogP contribution in [0.25, 0.3) is 11.2 Å². The van der Waals surface area contributed by atoms with Gasteiger partial charge in [0.2, 0.25) is 20.2 Å². The van der Waals surface area contributed by atoms with E-state index in [1.165, 1.54) is 6.33 Å². The van der Waals surface area contributed by atoms with Crippen molar-refractivity contribution in [3.63, 3.8) is 0 Å². The van der Waals surface area contributed by atoms with Crippen molar-refractivity contribution in [2.24, 2.45) is 5.92 Å². The molecule has 1 amide bonds. The predicted molar refractivity (Wildman–Crippen MR) is 232 cm³/mol. The summed E-state index contributed by atoms with van der Waals surface area (Å²) in [5.41, 5.74) is 1.73. The van der Waals surface area contributed by atoms with Crippen LogP contribution in [0.3, 0.4) is 0 Å². The Kier molecular flexibility index (Phi) is 14.0. The number of anilines is 1. The Morgan fingerprint density at radius 3 is 1.93 bits per heavy atom. The molecule has 1 fully saturated rings. The van der Waals surface area contributed by atoms with Gasteiger partial charge in [0, 0.05) is 5.92 Å². The summed E-state index contributed by atoms with van der Waals surface area (Å²) < 4.78 is 39.8. The molecule has 6 rings (SSSR count). The Morgan fingerprint density at radius 2 is 1.42 bits per heavy atom. The molecule has 60 heavy (non-hydrogen) atoms. The summed E-state index contributed by atoms with van der Waals surface area (Å²) in [6.07, 6.45) is -2.83. The van der Waals surface area contributed by atoms with E-state index in [0.29, 0.717) is 11.5 Å². The molecule has 322 valence electrons. The highest BCUT2D eigenvalue weighted by Crippen LogP contribution is 2.45. The number of hydrogen-bond acceptors (Lipinski definition) is 11. The number of carbonyl (C=O) groups is 1. The molecule has 1 saturated heterocycles. The Morgan fingerprint density at radius 1 is 0.867 bits per heavy atom. The van der Waals surface area contributed by atoms with Crippen LogP contribution in [0.2, 0.25) is 16.6 Å². The zero-order valence-electron chi connectivity index (χ0n) is 36.2. The van der Waals surface area contributed by atoms with Crippen LogP contribution >= 0.6 is 0 Å². The van der Waals surface area contributed by atoms with Crippen LogP contribution in [0.5, 0.6) is 11.5 Å². The van der Waals surface area contributed by atoms with E-state index in [-0.39, 0.29) is 59.0 Å². The number of ether oxygens (including phenoxy) is 5. The molecular weight excluding hydrogens is 783 g/mol. The number of carbonyl (C=O) groups excluding carboxylic acids is 1. The van der Waals surface area contributed by atoms with Gasteiger partial charge in [-0.1, -0.05) is 110 Å². The van der Waals surface area contributed by atoms with Gasteiger partial charge in [-0.05, 0) is 57.6 Å². The van der Waals surface area contributed by atoms with E-state index in [1.54, 1.807) is 32.6 Å². The van der Waals surface area contributed by atoms with Crippen molar-refractivity contribution in [3.05, 3.63) is 112 Å². The highest BCUT2D eigenvalue weighted by molar-refractivity contribution is 6.77. The van der Waals surface area contributed by atoms with E-state index < -0.39 is 44.0 Å². The number of nitrogens with zero attached hydrogens (tertiary/aromatic N) is 3. The number of aliphatic hydroxyl groups excluding tert-OH is 1. The van der Waals surface area contributed by atoms with Gasteiger partial charge in [-0.3, -0.25) is 24.5 Å². The first-order chi connectivity index (χ1) is 28.7. The van der Waals surface area contributed by atoms with E-state index in [4.69, 9.17) is 28.1 Å². The van der Waals surface area contributed by atoms with Crippen LogP contribution in [0.4, 0.5) is 5.95 Å². The molecule has 0 saturated carbocycles. The summed E-state index contributed by atoms with van der Waals surface area (Å²) in [5, 5.41) is 15.0. The number of rotatable bonds is 18. The smallest absolute Gasteiger partial charge is 0.280 e. The number of imidazole rings is 1. The second kappa shape index (κ2) is 18.8. The summed E-state index contributed by atoms with van der Waals surface area (Å²) in [7, 11) is 0.851. The van der Waals surface area contributed by atoms with Gasteiger partial charge in [0.1, 0.15) is 42.2 Å². The monoisotopic (exact) mass is 841 g/mol.